The third kappa shape index (κ3) is 3.98. The number of methoxy groups -OCH3 is 2. The number of ketones is 1. The second-order valence-corrected chi connectivity index (χ2v) is 6.77. The number of fused-ring (bicyclic) bond motifs is 1. The standard InChI is InChI=1S/C24H19NO6/c1-14-10-17(30-24(27)15-7-8-18(28-2)19(11-15)29-3)13-20-22(14)23(26)21(31-20)12-16-6-4-5-9-25-16/h4-13H,1-3H3/b21-12-. The van der Waals surface area contributed by atoms with Gasteiger partial charge in [0.05, 0.1) is 31.0 Å². The zero-order chi connectivity index (χ0) is 22.0. The number of aryl methyl sites for hydroxylation is 1. The van der Waals surface area contributed by atoms with Crippen LogP contribution in [0.5, 0.6) is 23.0 Å². The Morgan fingerprint density at radius 2 is 1.84 bits per heavy atom. The van der Waals surface area contributed by atoms with Crippen molar-refractivity contribution in [1.29, 1.82) is 0 Å². The second kappa shape index (κ2) is 8.31. The molecule has 0 N–H and O–H groups in total. The smallest absolute Gasteiger partial charge is 0.343 e. The number of carbonyl (C=O) groups is 2. The Morgan fingerprint density at radius 3 is 2.55 bits per heavy atom. The van der Waals surface area contributed by atoms with Crippen molar-refractivity contribution >= 4 is 17.8 Å². The van der Waals surface area contributed by atoms with Crippen LogP contribution >= 0.6 is 0 Å². The lowest BCUT2D eigenvalue weighted by molar-refractivity contribution is 0.0734. The summed E-state index contributed by atoms with van der Waals surface area (Å²) in [5.74, 6) is 0.877. The number of rotatable bonds is 5. The summed E-state index contributed by atoms with van der Waals surface area (Å²) in [6.07, 6.45) is 3.22. The lowest BCUT2D eigenvalue weighted by Crippen LogP contribution is -2.09. The molecule has 0 amide bonds. The molecule has 0 unspecified atom stereocenters. The van der Waals surface area contributed by atoms with Gasteiger partial charge in [-0.2, -0.15) is 0 Å². The molecule has 0 saturated heterocycles. The molecule has 7 nitrogen and oxygen atoms in total. The maximum absolute atomic E-state index is 12.8. The van der Waals surface area contributed by atoms with Crippen molar-refractivity contribution < 1.29 is 28.5 Å². The van der Waals surface area contributed by atoms with Crippen LogP contribution in [-0.4, -0.2) is 31.0 Å². The lowest BCUT2D eigenvalue weighted by Gasteiger charge is -2.10. The molecule has 0 aliphatic carbocycles. The minimum Gasteiger partial charge on any atom is -0.493 e. The van der Waals surface area contributed by atoms with Crippen LogP contribution in [0.4, 0.5) is 0 Å². The number of hydrogen-bond donors (Lipinski definition) is 0. The fraction of sp³-hybridized carbons (Fsp3) is 0.125. The van der Waals surface area contributed by atoms with Gasteiger partial charge in [-0.05, 0) is 48.9 Å². The number of aromatic nitrogens is 1. The highest BCUT2D eigenvalue weighted by Crippen LogP contribution is 2.38. The van der Waals surface area contributed by atoms with E-state index in [1.165, 1.54) is 26.4 Å². The van der Waals surface area contributed by atoms with E-state index in [2.05, 4.69) is 4.98 Å². The van der Waals surface area contributed by atoms with Gasteiger partial charge in [-0.1, -0.05) is 6.07 Å². The van der Waals surface area contributed by atoms with E-state index in [1.54, 1.807) is 49.5 Å². The summed E-state index contributed by atoms with van der Waals surface area (Å²) < 4.78 is 21.7. The quantitative estimate of drug-likeness (QED) is 0.349. The second-order valence-electron chi connectivity index (χ2n) is 6.77. The first-order valence-corrected chi connectivity index (χ1v) is 9.44. The number of hydrogen-bond acceptors (Lipinski definition) is 7. The number of nitrogens with zero attached hydrogens (tertiary/aromatic N) is 1. The first-order chi connectivity index (χ1) is 15.0. The molecule has 2 aromatic carbocycles. The first-order valence-electron chi connectivity index (χ1n) is 9.44. The van der Waals surface area contributed by atoms with Crippen LogP contribution in [0.2, 0.25) is 0 Å². The minimum atomic E-state index is -0.575. The van der Waals surface area contributed by atoms with Crippen LogP contribution in [0.25, 0.3) is 6.08 Å². The van der Waals surface area contributed by atoms with E-state index in [1.807, 2.05) is 6.07 Å². The number of allylic oxidation sites excluding steroid dienone is 1. The summed E-state index contributed by atoms with van der Waals surface area (Å²) in [5.41, 5.74) is 1.98. The van der Waals surface area contributed by atoms with Gasteiger partial charge in [0.1, 0.15) is 11.5 Å². The summed E-state index contributed by atoms with van der Waals surface area (Å²) in [4.78, 5) is 29.6. The van der Waals surface area contributed by atoms with Gasteiger partial charge in [-0.15, -0.1) is 0 Å². The Kier molecular flexibility index (Phi) is 5.41. The van der Waals surface area contributed by atoms with Crippen LogP contribution in [0, 0.1) is 6.92 Å². The van der Waals surface area contributed by atoms with Crippen LogP contribution in [0.1, 0.15) is 32.0 Å². The zero-order valence-electron chi connectivity index (χ0n) is 17.2. The van der Waals surface area contributed by atoms with Crippen molar-refractivity contribution in [1.82, 2.24) is 4.98 Å². The number of ether oxygens (including phenoxy) is 4. The van der Waals surface area contributed by atoms with E-state index in [9.17, 15) is 9.59 Å². The van der Waals surface area contributed by atoms with Gasteiger partial charge in [-0.25, -0.2) is 4.79 Å². The van der Waals surface area contributed by atoms with Crippen LogP contribution in [0.3, 0.4) is 0 Å². The van der Waals surface area contributed by atoms with Crippen molar-refractivity contribution in [3.8, 4) is 23.0 Å². The third-order valence-corrected chi connectivity index (χ3v) is 4.74. The predicted molar refractivity (Wildman–Crippen MR) is 113 cm³/mol. The van der Waals surface area contributed by atoms with Crippen molar-refractivity contribution in [3.63, 3.8) is 0 Å². The van der Waals surface area contributed by atoms with Gasteiger partial charge >= 0.3 is 5.97 Å². The van der Waals surface area contributed by atoms with E-state index >= 15 is 0 Å². The van der Waals surface area contributed by atoms with Crippen molar-refractivity contribution in [2.45, 2.75) is 6.92 Å². The normalized spacial score (nSPS) is 13.5. The first kappa shape index (κ1) is 20.2. The molecular weight excluding hydrogens is 398 g/mol. The Labute approximate surface area is 178 Å². The fourth-order valence-corrected chi connectivity index (χ4v) is 3.26. The minimum absolute atomic E-state index is 0.167. The van der Waals surface area contributed by atoms with Crippen molar-refractivity contribution in [3.05, 3.63) is 82.9 Å². The molecule has 2 heterocycles. The highest BCUT2D eigenvalue weighted by Gasteiger charge is 2.30. The zero-order valence-corrected chi connectivity index (χ0v) is 17.2. The van der Waals surface area contributed by atoms with E-state index in [4.69, 9.17) is 18.9 Å². The SMILES string of the molecule is COc1ccc(C(=O)Oc2cc(C)c3c(c2)O/C(=C\c2ccccn2)C3=O)cc1OC. The molecule has 1 aliphatic heterocycles. The van der Waals surface area contributed by atoms with Crippen molar-refractivity contribution in [2.75, 3.05) is 14.2 Å². The summed E-state index contributed by atoms with van der Waals surface area (Å²) in [5, 5.41) is 0. The van der Waals surface area contributed by atoms with Crippen LogP contribution in [0.15, 0.2) is 60.5 Å². The van der Waals surface area contributed by atoms with Crippen LogP contribution in [-0.2, 0) is 0 Å². The third-order valence-electron chi connectivity index (χ3n) is 4.74. The molecule has 1 aliphatic rings. The van der Waals surface area contributed by atoms with Crippen LogP contribution < -0.4 is 18.9 Å². The molecule has 0 atom stereocenters. The molecular formula is C24H19NO6. The summed E-state index contributed by atoms with van der Waals surface area (Å²) in [7, 11) is 3.00. The molecule has 7 heteroatoms. The van der Waals surface area contributed by atoms with E-state index in [-0.39, 0.29) is 17.3 Å². The maximum atomic E-state index is 12.8. The number of Topliss-reactive ketones (excluding diaryl/α,β-unsaturated/α-hetero) is 1. The Hall–Kier alpha value is -4.13. The van der Waals surface area contributed by atoms with Gasteiger partial charge in [0.15, 0.2) is 17.3 Å². The topological polar surface area (TPSA) is 84.0 Å². The fourth-order valence-electron chi connectivity index (χ4n) is 3.26. The monoisotopic (exact) mass is 417 g/mol. The van der Waals surface area contributed by atoms with Gasteiger partial charge in [-0.3, -0.25) is 9.78 Å². The number of pyridine rings is 1. The summed E-state index contributed by atoms with van der Waals surface area (Å²) in [6.45, 7) is 1.76. The average Bonchev–Trinajstić information content (AvgIpc) is 3.09. The van der Waals surface area contributed by atoms with Crippen molar-refractivity contribution in [2.24, 2.45) is 0 Å². The van der Waals surface area contributed by atoms with E-state index < -0.39 is 5.97 Å². The van der Waals surface area contributed by atoms with Gasteiger partial charge in [0.2, 0.25) is 5.78 Å². The van der Waals surface area contributed by atoms with E-state index in [0.29, 0.717) is 39.6 Å². The Balaban J connectivity index is 1.59. The molecule has 1 aromatic heterocycles. The molecule has 0 radical (unpaired) electrons. The molecule has 156 valence electrons. The summed E-state index contributed by atoms with van der Waals surface area (Å²) >= 11 is 0. The Morgan fingerprint density at radius 1 is 1.03 bits per heavy atom. The number of esters is 1. The van der Waals surface area contributed by atoms with E-state index in [0.717, 1.165) is 0 Å². The maximum Gasteiger partial charge on any atom is 0.343 e. The predicted octanol–water partition coefficient (Wildman–Crippen LogP) is 4.24. The molecule has 31 heavy (non-hydrogen) atoms. The average molecular weight is 417 g/mol. The lowest BCUT2D eigenvalue weighted by atomic mass is 10.0. The molecule has 0 saturated carbocycles. The molecule has 0 bridgehead atoms. The number of benzene rings is 2. The molecule has 4 rings (SSSR count). The molecule has 0 fully saturated rings. The molecule has 0 spiro atoms. The van der Waals surface area contributed by atoms with Gasteiger partial charge in [0, 0.05) is 18.3 Å². The Bertz CT molecular complexity index is 1200. The highest BCUT2D eigenvalue weighted by atomic mass is 16.5. The largest absolute Gasteiger partial charge is 0.493 e. The highest BCUT2D eigenvalue weighted by molar-refractivity contribution is 6.15. The van der Waals surface area contributed by atoms with Gasteiger partial charge in [0.25, 0.3) is 0 Å². The summed E-state index contributed by atoms with van der Waals surface area (Å²) in [6, 6.07) is 13.3. The van der Waals surface area contributed by atoms with Gasteiger partial charge < -0.3 is 18.9 Å². The number of carbonyl (C=O) groups excluding carboxylic acids is 2. The molecule has 3 aromatic rings.